The van der Waals surface area contributed by atoms with E-state index < -0.39 is 7.82 Å². The molecule has 2 N–H and O–H groups in total. The largest absolute Gasteiger partial charge is 0.469 e. The SMILES string of the molecule is C/C(=C\c1ccc(COP(=O)(O)O)cc1)c1ccc2c(c1)C(C)(C)CCC2(C)C. The molecule has 1 aliphatic carbocycles. The highest BCUT2D eigenvalue weighted by molar-refractivity contribution is 7.46. The summed E-state index contributed by atoms with van der Waals surface area (Å²) >= 11 is 0. The average Bonchev–Trinajstić information content (AvgIpc) is 2.64. The zero-order valence-corrected chi connectivity index (χ0v) is 18.8. The molecule has 4 nitrogen and oxygen atoms in total. The van der Waals surface area contributed by atoms with Crippen molar-refractivity contribution < 1.29 is 18.9 Å². The van der Waals surface area contributed by atoms with E-state index in [1.54, 1.807) is 0 Å². The molecule has 0 atom stereocenters. The third-order valence-corrected chi connectivity index (χ3v) is 6.54. The number of rotatable bonds is 5. The first-order valence-corrected chi connectivity index (χ1v) is 11.5. The molecule has 0 aromatic heterocycles. The van der Waals surface area contributed by atoms with Gasteiger partial charge in [-0.2, -0.15) is 0 Å². The lowest BCUT2D eigenvalue weighted by Gasteiger charge is -2.42. The van der Waals surface area contributed by atoms with Gasteiger partial charge >= 0.3 is 7.82 Å². The van der Waals surface area contributed by atoms with Crippen molar-refractivity contribution in [2.45, 2.75) is 64.9 Å². The Morgan fingerprint density at radius 3 is 2.17 bits per heavy atom. The molecule has 3 rings (SSSR count). The van der Waals surface area contributed by atoms with Crippen LogP contribution in [0, 0.1) is 0 Å². The molecular formula is C24H31O4P. The molecule has 1 aliphatic rings. The molecule has 0 saturated carbocycles. The molecule has 0 heterocycles. The van der Waals surface area contributed by atoms with Crippen LogP contribution in [0.5, 0.6) is 0 Å². The molecular weight excluding hydrogens is 383 g/mol. The lowest BCUT2D eigenvalue weighted by atomic mass is 9.63. The van der Waals surface area contributed by atoms with E-state index in [1.807, 2.05) is 24.3 Å². The summed E-state index contributed by atoms with van der Waals surface area (Å²) in [5.41, 5.74) is 7.48. The third-order valence-electron chi connectivity index (χ3n) is 6.07. The van der Waals surface area contributed by atoms with Gasteiger partial charge in [-0.15, -0.1) is 0 Å². The molecule has 156 valence electrons. The minimum Gasteiger partial charge on any atom is -0.303 e. The summed E-state index contributed by atoms with van der Waals surface area (Å²) in [7, 11) is -4.45. The second kappa shape index (κ2) is 7.85. The number of phosphoric acid groups is 1. The van der Waals surface area contributed by atoms with Crippen molar-refractivity contribution in [3.05, 3.63) is 70.3 Å². The first-order valence-electron chi connectivity index (χ1n) is 10.0. The number of hydrogen-bond acceptors (Lipinski definition) is 2. The fraction of sp³-hybridized carbons (Fsp3) is 0.417. The Morgan fingerprint density at radius 1 is 1.00 bits per heavy atom. The molecule has 0 amide bonds. The van der Waals surface area contributed by atoms with Crippen molar-refractivity contribution in [2.24, 2.45) is 0 Å². The van der Waals surface area contributed by atoms with E-state index in [0.717, 1.165) is 11.1 Å². The van der Waals surface area contributed by atoms with Gasteiger partial charge in [0.25, 0.3) is 0 Å². The lowest BCUT2D eigenvalue weighted by Crippen LogP contribution is -2.33. The maximum absolute atomic E-state index is 10.8. The van der Waals surface area contributed by atoms with Crippen molar-refractivity contribution >= 4 is 19.5 Å². The highest BCUT2D eigenvalue weighted by Crippen LogP contribution is 2.46. The predicted molar refractivity (Wildman–Crippen MR) is 119 cm³/mol. The average molecular weight is 414 g/mol. The molecule has 0 aliphatic heterocycles. The van der Waals surface area contributed by atoms with Gasteiger partial charge in [-0.25, -0.2) is 4.57 Å². The molecule has 0 fully saturated rings. The monoisotopic (exact) mass is 414 g/mol. The van der Waals surface area contributed by atoms with Crippen molar-refractivity contribution in [3.63, 3.8) is 0 Å². The van der Waals surface area contributed by atoms with E-state index in [1.165, 1.54) is 35.1 Å². The highest BCUT2D eigenvalue weighted by atomic mass is 31.2. The number of fused-ring (bicyclic) bond motifs is 1. The van der Waals surface area contributed by atoms with E-state index in [2.05, 4.69) is 63.4 Å². The fourth-order valence-electron chi connectivity index (χ4n) is 4.04. The van der Waals surface area contributed by atoms with Crippen LogP contribution >= 0.6 is 7.82 Å². The third kappa shape index (κ3) is 5.26. The van der Waals surface area contributed by atoms with Crippen LogP contribution in [0.25, 0.3) is 11.6 Å². The Labute approximate surface area is 173 Å². The van der Waals surface area contributed by atoms with Gasteiger partial charge < -0.3 is 9.79 Å². The molecule has 0 unspecified atom stereocenters. The van der Waals surface area contributed by atoms with E-state index in [0.29, 0.717) is 0 Å². The van der Waals surface area contributed by atoms with Crippen LogP contribution in [0.15, 0.2) is 42.5 Å². The van der Waals surface area contributed by atoms with E-state index >= 15 is 0 Å². The van der Waals surface area contributed by atoms with Gasteiger partial charge in [-0.1, -0.05) is 76.2 Å². The molecule has 2 aromatic carbocycles. The van der Waals surface area contributed by atoms with Crippen LogP contribution in [0.3, 0.4) is 0 Å². The molecule has 29 heavy (non-hydrogen) atoms. The summed E-state index contributed by atoms with van der Waals surface area (Å²) < 4.78 is 15.4. The Kier molecular flexibility index (Phi) is 5.95. The van der Waals surface area contributed by atoms with Crippen molar-refractivity contribution in [3.8, 4) is 0 Å². The number of phosphoric ester groups is 1. The van der Waals surface area contributed by atoms with E-state index in [4.69, 9.17) is 9.79 Å². The molecule has 0 saturated heterocycles. The van der Waals surface area contributed by atoms with Gasteiger partial charge in [0.1, 0.15) is 0 Å². The van der Waals surface area contributed by atoms with Crippen molar-refractivity contribution in [1.82, 2.24) is 0 Å². The Balaban J connectivity index is 1.84. The zero-order chi connectivity index (χ0) is 21.4. The molecule has 0 bridgehead atoms. The van der Waals surface area contributed by atoms with E-state index in [-0.39, 0.29) is 17.4 Å². The normalized spacial score (nSPS) is 18.4. The molecule has 0 spiro atoms. The topological polar surface area (TPSA) is 66.8 Å². The summed E-state index contributed by atoms with van der Waals surface area (Å²) in [5, 5.41) is 0. The minimum atomic E-state index is -4.45. The highest BCUT2D eigenvalue weighted by Gasteiger charge is 2.36. The summed E-state index contributed by atoms with van der Waals surface area (Å²) in [4.78, 5) is 17.6. The summed E-state index contributed by atoms with van der Waals surface area (Å²) in [6.45, 7) is 11.4. The molecule has 2 aromatic rings. The Morgan fingerprint density at radius 2 is 1.59 bits per heavy atom. The predicted octanol–water partition coefficient (Wildman–Crippen LogP) is 6.21. The zero-order valence-electron chi connectivity index (χ0n) is 17.9. The van der Waals surface area contributed by atoms with Gasteiger partial charge in [-0.3, -0.25) is 4.52 Å². The van der Waals surface area contributed by atoms with Gasteiger partial charge in [-0.05, 0) is 64.0 Å². The van der Waals surface area contributed by atoms with Crippen LogP contribution in [0.1, 0.15) is 75.3 Å². The lowest BCUT2D eigenvalue weighted by molar-refractivity contribution is 0.189. The number of allylic oxidation sites excluding steroid dienone is 1. The maximum Gasteiger partial charge on any atom is 0.469 e. The standard InChI is InChI=1S/C24H31O4P/c1-17(14-18-6-8-19(9-7-18)16-28-29(25,26)27)20-10-11-21-22(15-20)24(4,5)13-12-23(21,2)3/h6-11,14-15H,12-13,16H2,1-5H3,(H2,25,26,27)/b17-14+. The summed E-state index contributed by atoms with van der Waals surface area (Å²) in [6, 6.07) is 14.4. The fourth-order valence-corrected chi connectivity index (χ4v) is 4.35. The number of hydrogen-bond donors (Lipinski definition) is 2. The number of benzene rings is 2. The van der Waals surface area contributed by atoms with Crippen LogP contribution < -0.4 is 0 Å². The van der Waals surface area contributed by atoms with Crippen LogP contribution in [0.4, 0.5) is 0 Å². The van der Waals surface area contributed by atoms with Crippen molar-refractivity contribution in [2.75, 3.05) is 0 Å². The van der Waals surface area contributed by atoms with E-state index in [9.17, 15) is 4.57 Å². The van der Waals surface area contributed by atoms with Crippen LogP contribution in [-0.2, 0) is 26.5 Å². The minimum absolute atomic E-state index is 0.108. The van der Waals surface area contributed by atoms with Crippen LogP contribution in [0.2, 0.25) is 0 Å². The Hall–Kier alpha value is -1.71. The summed E-state index contributed by atoms with van der Waals surface area (Å²) in [5.74, 6) is 0. The van der Waals surface area contributed by atoms with Gasteiger partial charge in [0, 0.05) is 0 Å². The van der Waals surface area contributed by atoms with Crippen molar-refractivity contribution in [1.29, 1.82) is 0 Å². The van der Waals surface area contributed by atoms with Gasteiger partial charge in [0.05, 0.1) is 6.61 Å². The second-order valence-corrected chi connectivity index (χ2v) is 10.6. The quantitative estimate of drug-likeness (QED) is 0.451. The molecule has 0 radical (unpaired) electrons. The Bertz CT molecular complexity index is 965. The maximum atomic E-state index is 10.8. The first-order chi connectivity index (χ1) is 13.4. The second-order valence-electron chi connectivity index (χ2n) is 9.36. The van der Waals surface area contributed by atoms with Crippen LogP contribution in [-0.4, -0.2) is 9.79 Å². The summed E-state index contributed by atoms with van der Waals surface area (Å²) in [6.07, 6.45) is 4.53. The smallest absolute Gasteiger partial charge is 0.303 e. The van der Waals surface area contributed by atoms with Gasteiger partial charge in [0.2, 0.25) is 0 Å². The van der Waals surface area contributed by atoms with Gasteiger partial charge in [0.15, 0.2) is 0 Å². The molecule has 5 heteroatoms. The first kappa shape index (κ1) is 22.0.